The van der Waals surface area contributed by atoms with Gasteiger partial charge >= 0.3 is 0 Å². The largest absolute Gasteiger partial charge is 0.495 e. The Morgan fingerprint density at radius 2 is 1.88 bits per heavy atom. The Morgan fingerprint density at radius 3 is 2.59 bits per heavy atom. The summed E-state index contributed by atoms with van der Waals surface area (Å²) in [6.45, 7) is 2.15. The maximum Gasteiger partial charge on any atom is 0.229 e. The van der Waals surface area contributed by atoms with Crippen LogP contribution in [0, 0.1) is 12.8 Å². The van der Waals surface area contributed by atoms with Gasteiger partial charge in [0.05, 0.1) is 18.7 Å². The number of methoxy groups -OCH3 is 1. The van der Waals surface area contributed by atoms with E-state index in [4.69, 9.17) is 16.3 Å². The Morgan fingerprint density at radius 1 is 1.12 bits per heavy atom. The van der Waals surface area contributed by atoms with E-state index in [9.17, 15) is 9.59 Å². The van der Waals surface area contributed by atoms with E-state index in [1.807, 2.05) is 25.1 Å². The molecular weight excluding hydrogens is 430 g/mol. The van der Waals surface area contributed by atoms with E-state index in [1.54, 1.807) is 35.2 Å². The lowest BCUT2D eigenvalue weighted by Crippen LogP contribution is -2.28. The Balaban J connectivity index is 1.40. The number of benzene rings is 2. The molecule has 2 N–H and O–H groups in total. The van der Waals surface area contributed by atoms with Crippen molar-refractivity contribution in [3.05, 3.63) is 65.6 Å². The van der Waals surface area contributed by atoms with Crippen molar-refractivity contribution in [1.82, 2.24) is 9.97 Å². The maximum absolute atomic E-state index is 12.8. The number of amides is 2. The predicted molar refractivity (Wildman–Crippen MR) is 124 cm³/mol. The van der Waals surface area contributed by atoms with Gasteiger partial charge in [-0.25, -0.2) is 9.97 Å². The van der Waals surface area contributed by atoms with Crippen molar-refractivity contribution >= 4 is 46.3 Å². The van der Waals surface area contributed by atoms with Crippen LogP contribution < -0.4 is 20.3 Å². The zero-order valence-electron chi connectivity index (χ0n) is 17.6. The molecule has 2 aromatic carbocycles. The lowest BCUT2D eigenvalue weighted by molar-refractivity contribution is -0.122. The summed E-state index contributed by atoms with van der Waals surface area (Å²) >= 11 is 6.09. The number of ether oxygens (including phenoxy) is 1. The fourth-order valence-corrected chi connectivity index (χ4v) is 3.71. The standard InChI is InChI=1S/C23H22ClN5O3/c1-14-9-21(26-13-25-14)27-17-4-6-18(7-5-17)28-23(31)15-10-22(30)29(12-15)19-11-16(24)3-8-20(19)32-2/h3-9,11,13,15H,10,12H2,1-2H3,(H,28,31)(H,25,26,27). The van der Waals surface area contributed by atoms with Gasteiger partial charge in [0.2, 0.25) is 11.8 Å². The molecule has 0 bridgehead atoms. The first kappa shape index (κ1) is 21.6. The number of carbonyl (C=O) groups is 2. The average molecular weight is 452 g/mol. The highest BCUT2D eigenvalue weighted by Gasteiger charge is 2.36. The van der Waals surface area contributed by atoms with E-state index in [-0.39, 0.29) is 24.8 Å². The molecule has 164 valence electrons. The SMILES string of the molecule is COc1ccc(Cl)cc1N1CC(C(=O)Nc2ccc(Nc3cc(C)ncn3)cc2)CC1=O. The van der Waals surface area contributed by atoms with Crippen LogP contribution in [0.1, 0.15) is 12.1 Å². The molecule has 1 aliphatic rings. The third kappa shape index (κ3) is 4.81. The van der Waals surface area contributed by atoms with Gasteiger partial charge in [-0.05, 0) is 49.4 Å². The lowest BCUT2D eigenvalue weighted by Gasteiger charge is -2.20. The van der Waals surface area contributed by atoms with Gasteiger partial charge in [-0.15, -0.1) is 0 Å². The van der Waals surface area contributed by atoms with Crippen LogP contribution in [-0.2, 0) is 9.59 Å². The number of anilines is 4. The molecule has 4 rings (SSSR count). The molecule has 2 heterocycles. The number of rotatable bonds is 6. The van der Waals surface area contributed by atoms with Crippen molar-refractivity contribution in [3.8, 4) is 5.75 Å². The quantitative estimate of drug-likeness (QED) is 0.583. The second kappa shape index (κ2) is 9.23. The molecule has 1 aromatic heterocycles. The smallest absolute Gasteiger partial charge is 0.229 e. The van der Waals surface area contributed by atoms with Crippen LogP contribution >= 0.6 is 11.6 Å². The van der Waals surface area contributed by atoms with Crippen molar-refractivity contribution in [1.29, 1.82) is 0 Å². The van der Waals surface area contributed by atoms with E-state index in [0.717, 1.165) is 11.4 Å². The van der Waals surface area contributed by atoms with E-state index in [0.29, 0.717) is 28.0 Å². The first-order valence-electron chi connectivity index (χ1n) is 10.0. The third-order valence-corrected chi connectivity index (χ3v) is 5.39. The molecule has 1 aliphatic heterocycles. The maximum atomic E-state index is 12.8. The second-order valence-electron chi connectivity index (χ2n) is 7.46. The monoisotopic (exact) mass is 451 g/mol. The Hall–Kier alpha value is -3.65. The van der Waals surface area contributed by atoms with Gasteiger partial charge in [-0.1, -0.05) is 11.6 Å². The number of aromatic nitrogens is 2. The van der Waals surface area contributed by atoms with Crippen LogP contribution in [0.4, 0.5) is 22.9 Å². The van der Waals surface area contributed by atoms with Gasteiger partial charge in [-0.2, -0.15) is 0 Å². The molecule has 3 aromatic rings. The zero-order valence-corrected chi connectivity index (χ0v) is 18.4. The number of hydrogen-bond acceptors (Lipinski definition) is 6. The van der Waals surface area contributed by atoms with Crippen molar-refractivity contribution < 1.29 is 14.3 Å². The topological polar surface area (TPSA) is 96.5 Å². The van der Waals surface area contributed by atoms with E-state index < -0.39 is 5.92 Å². The second-order valence-corrected chi connectivity index (χ2v) is 7.89. The minimum absolute atomic E-state index is 0.119. The number of halogens is 1. The molecule has 8 nitrogen and oxygen atoms in total. The van der Waals surface area contributed by atoms with Gasteiger partial charge in [0.1, 0.15) is 17.9 Å². The first-order chi connectivity index (χ1) is 15.4. The van der Waals surface area contributed by atoms with Crippen molar-refractivity contribution in [2.24, 2.45) is 5.92 Å². The van der Waals surface area contributed by atoms with Crippen molar-refractivity contribution in [2.75, 3.05) is 29.2 Å². The Kier molecular flexibility index (Phi) is 6.23. The van der Waals surface area contributed by atoms with Crippen molar-refractivity contribution in [2.45, 2.75) is 13.3 Å². The first-order valence-corrected chi connectivity index (χ1v) is 10.4. The van der Waals surface area contributed by atoms with Gasteiger partial charge < -0.3 is 20.3 Å². The molecule has 0 spiro atoms. The summed E-state index contributed by atoms with van der Waals surface area (Å²) in [6.07, 6.45) is 1.62. The molecule has 0 aliphatic carbocycles. The van der Waals surface area contributed by atoms with Crippen LogP contribution in [0.3, 0.4) is 0 Å². The van der Waals surface area contributed by atoms with Gasteiger partial charge in [0.15, 0.2) is 0 Å². The zero-order chi connectivity index (χ0) is 22.7. The molecule has 1 atom stereocenters. The van der Waals surface area contributed by atoms with E-state index >= 15 is 0 Å². The molecule has 1 fully saturated rings. The Bertz CT molecular complexity index is 1150. The van der Waals surface area contributed by atoms with E-state index in [2.05, 4.69) is 20.6 Å². The summed E-state index contributed by atoms with van der Waals surface area (Å²) < 4.78 is 5.35. The number of aryl methyl sites for hydroxylation is 1. The van der Waals surface area contributed by atoms with Crippen molar-refractivity contribution in [3.63, 3.8) is 0 Å². The molecule has 2 amide bonds. The summed E-state index contributed by atoms with van der Waals surface area (Å²) in [5.41, 5.74) is 2.90. The average Bonchev–Trinajstić information content (AvgIpc) is 3.17. The highest BCUT2D eigenvalue weighted by molar-refractivity contribution is 6.31. The number of nitrogens with one attached hydrogen (secondary N) is 2. The number of hydrogen-bond donors (Lipinski definition) is 2. The Labute approximate surface area is 190 Å². The summed E-state index contributed by atoms with van der Waals surface area (Å²) in [5, 5.41) is 6.57. The summed E-state index contributed by atoms with van der Waals surface area (Å²) in [5.74, 6) is 0.383. The fourth-order valence-electron chi connectivity index (χ4n) is 3.54. The van der Waals surface area contributed by atoms with Crippen LogP contribution in [-0.4, -0.2) is 35.4 Å². The minimum atomic E-state index is -0.479. The number of carbonyl (C=O) groups excluding carboxylic acids is 2. The number of nitrogens with zero attached hydrogens (tertiary/aromatic N) is 3. The molecule has 0 radical (unpaired) electrons. The minimum Gasteiger partial charge on any atom is -0.495 e. The molecule has 1 saturated heterocycles. The molecular formula is C23H22ClN5O3. The highest BCUT2D eigenvalue weighted by atomic mass is 35.5. The van der Waals surface area contributed by atoms with Gasteiger partial charge in [-0.3, -0.25) is 9.59 Å². The lowest BCUT2D eigenvalue weighted by atomic mass is 10.1. The van der Waals surface area contributed by atoms with Crippen LogP contribution in [0.25, 0.3) is 0 Å². The van der Waals surface area contributed by atoms with Gasteiger partial charge in [0, 0.05) is 41.1 Å². The van der Waals surface area contributed by atoms with Gasteiger partial charge in [0.25, 0.3) is 0 Å². The normalized spacial score (nSPS) is 15.5. The molecule has 0 saturated carbocycles. The fraction of sp³-hybridized carbons (Fsp3) is 0.217. The highest BCUT2D eigenvalue weighted by Crippen LogP contribution is 2.35. The summed E-state index contributed by atoms with van der Waals surface area (Å²) in [6, 6.07) is 14.2. The van der Waals surface area contributed by atoms with Crippen LogP contribution in [0.5, 0.6) is 5.75 Å². The van der Waals surface area contributed by atoms with E-state index in [1.165, 1.54) is 13.4 Å². The van der Waals surface area contributed by atoms with Crippen LogP contribution in [0.2, 0.25) is 5.02 Å². The third-order valence-electron chi connectivity index (χ3n) is 5.16. The summed E-state index contributed by atoms with van der Waals surface area (Å²) in [4.78, 5) is 35.2. The molecule has 1 unspecified atom stereocenters. The summed E-state index contributed by atoms with van der Waals surface area (Å²) in [7, 11) is 1.53. The predicted octanol–water partition coefficient (Wildman–Crippen LogP) is 4.18. The molecule has 32 heavy (non-hydrogen) atoms. The molecule has 9 heteroatoms. The van der Waals surface area contributed by atoms with Crippen LogP contribution in [0.15, 0.2) is 54.9 Å².